The van der Waals surface area contributed by atoms with Gasteiger partial charge < -0.3 is 10.6 Å². The Balaban J connectivity index is 1.28. The number of nitrogens with one attached hydrogen (secondary N) is 2. The monoisotopic (exact) mass is 547 g/mol. The van der Waals surface area contributed by atoms with Crippen molar-refractivity contribution in [3.05, 3.63) is 89.7 Å². The van der Waals surface area contributed by atoms with Crippen molar-refractivity contribution in [2.24, 2.45) is 11.8 Å². The number of carbonyl (C=O) groups excluding carboxylic acids is 2. The van der Waals surface area contributed by atoms with Gasteiger partial charge in [0.1, 0.15) is 0 Å². The summed E-state index contributed by atoms with van der Waals surface area (Å²) < 4.78 is 1.83. The van der Waals surface area contributed by atoms with Gasteiger partial charge >= 0.3 is 0 Å². The number of hydrogen-bond acceptors (Lipinski definition) is 4. The normalized spacial score (nSPS) is 17.4. The molecule has 39 heavy (non-hydrogen) atoms. The lowest BCUT2D eigenvalue weighted by atomic mass is 10.0. The van der Waals surface area contributed by atoms with Gasteiger partial charge in [0, 0.05) is 18.6 Å². The van der Waals surface area contributed by atoms with Crippen molar-refractivity contribution in [3.8, 4) is 0 Å². The van der Waals surface area contributed by atoms with Crippen molar-refractivity contribution in [2.75, 3.05) is 25.5 Å². The predicted octanol–water partition coefficient (Wildman–Crippen LogP) is 4.81. The average Bonchev–Trinajstić information content (AvgIpc) is 3.88. The number of amides is 2. The first-order valence-corrected chi connectivity index (χ1v) is 14.5. The number of hydrogen-bond donors (Lipinski definition) is 2. The summed E-state index contributed by atoms with van der Waals surface area (Å²) in [4.78, 5) is 28.7. The molecule has 3 atom stereocenters. The van der Waals surface area contributed by atoms with E-state index in [4.69, 9.17) is 11.6 Å². The smallest absolute Gasteiger partial charge is 0.234 e. The maximum Gasteiger partial charge on any atom is 0.234 e. The summed E-state index contributed by atoms with van der Waals surface area (Å²) in [6.45, 7) is 2.63. The van der Waals surface area contributed by atoms with Gasteiger partial charge in [-0.15, -0.1) is 11.6 Å². The summed E-state index contributed by atoms with van der Waals surface area (Å²) in [7, 11) is 0. The highest BCUT2D eigenvalue weighted by atomic mass is 35.5. The molecule has 2 N–H and O–H groups in total. The van der Waals surface area contributed by atoms with Gasteiger partial charge in [0.15, 0.2) is 0 Å². The molecule has 0 bridgehead atoms. The minimum atomic E-state index is -0.164. The molecule has 0 spiro atoms. The van der Waals surface area contributed by atoms with Crippen LogP contribution in [0.3, 0.4) is 0 Å². The second-order valence-corrected chi connectivity index (χ2v) is 11.4. The van der Waals surface area contributed by atoms with Gasteiger partial charge in [-0.05, 0) is 61.1 Å². The topological polar surface area (TPSA) is 79.3 Å². The number of nitrogens with zero attached hydrogens (tertiary/aromatic N) is 3. The van der Waals surface area contributed by atoms with Crippen molar-refractivity contribution < 1.29 is 9.59 Å². The van der Waals surface area contributed by atoms with Gasteiger partial charge in [0.25, 0.3) is 0 Å². The fourth-order valence-corrected chi connectivity index (χ4v) is 5.53. The molecule has 0 aliphatic heterocycles. The number of aryl methyl sites for hydroxylation is 1. The Morgan fingerprint density at radius 1 is 0.897 bits per heavy atom. The van der Waals surface area contributed by atoms with Crippen molar-refractivity contribution in [3.63, 3.8) is 0 Å². The van der Waals surface area contributed by atoms with Gasteiger partial charge in [0.05, 0.1) is 37.4 Å². The standard InChI is InChI=1S/C31H38ClN5O2/c1-22-17-33-37(18-22)27(16-32)19-36(20-28(38)34-30(25-12-13-25)23-8-4-2-5-9-23)21-29(39)35-31(26-14-15-26)24-10-6-3-7-11-24/h2-11,17-18,25-27,30-31H,12-16,19-21H2,1H3,(H,34,38)(H,35,39)/t27-,30+,31+/m1/s1. The molecule has 0 saturated heterocycles. The number of alkyl halides is 1. The largest absolute Gasteiger partial charge is 0.348 e. The molecule has 3 aromatic rings. The quantitative estimate of drug-likeness (QED) is 0.284. The summed E-state index contributed by atoms with van der Waals surface area (Å²) in [6.07, 6.45) is 8.19. The van der Waals surface area contributed by atoms with E-state index >= 15 is 0 Å². The van der Waals surface area contributed by atoms with Gasteiger partial charge in [-0.3, -0.25) is 19.2 Å². The molecule has 5 rings (SSSR count). The fraction of sp³-hybridized carbons (Fsp3) is 0.452. The highest BCUT2D eigenvalue weighted by Crippen LogP contribution is 2.41. The lowest BCUT2D eigenvalue weighted by Crippen LogP contribution is -2.46. The maximum absolute atomic E-state index is 13.4. The van der Waals surface area contributed by atoms with Crippen LogP contribution >= 0.6 is 11.6 Å². The van der Waals surface area contributed by atoms with Crippen LogP contribution in [0.1, 0.15) is 60.5 Å². The van der Waals surface area contributed by atoms with Gasteiger partial charge in [-0.1, -0.05) is 60.7 Å². The number of aromatic nitrogens is 2. The van der Waals surface area contributed by atoms with Crippen molar-refractivity contribution >= 4 is 23.4 Å². The summed E-state index contributed by atoms with van der Waals surface area (Å²) in [5, 5.41) is 11.0. The summed E-state index contributed by atoms with van der Waals surface area (Å²) in [5.74, 6) is 1.07. The third kappa shape index (κ3) is 7.70. The Labute approximate surface area is 235 Å². The van der Waals surface area contributed by atoms with Crippen LogP contribution in [0.25, 0.3) is 0 Å². The molecule has 2 amide bonds. The van der Waals surface area contributed by atoms with Crippen LogP contribution in [-0.2, 0) is 9.59 Å². The van der Waals surface area contributed by atoms with E-state index in [1.807, 2.05) is 59.1 Å². The van der Waals surface area contributed by atoms with Crippen LogP contribution in [0.4, 0.5) is 0 Å². The number of halogens is 1. The van der Waals surface area contributed by atoms with E-state index in [1.54, 1.807) is 6.20 Å². The zero-order chi connectivity index (χ0) is 27.2. The summed E-state index contributed by atoms with van der Waals surface area (Å²) in [6, 6.07) is 20.1. The summed E-state index contributed by atoms with van der Waals surface area (Å²) in [5.41, 5.74) is 3.29. The van der Waals surface area contributed by atoms with Crippen LogP contribution in [0.5, 0.6) is 0 Å². The van der Waals surface area contributed by atoms with E-state index in [2.05, 4.69) is 40.0 Å². The van der Waals surface area contributed by atoms with E-state index in [0.717, 1.165) is 42.4 Å². The minimum Gasteiger partial charge on any atom is -0.348 e. The van der Waals surface area contributed by atoms with Gasteiger partial charge in [0.2, 0.25) is 11.8 Å². The Bertz CT molecular complexity index is 1150. The molecular weight excluding hydrogens is 510 g/mol. The molecule has 1 aromatic heterocycles. The minimum absolute atomic E-state index is 0.00991. The Morgan fingerprint density at radius 3 is 1.77 bits per heavy atom. The highest BCUT2D eigenvalue weighted by molar-refractivity contribution is 6.18. The fourth-order valence-electron chi connectivity index (χ4n) is 5.29. The maximum atomic E-state index is 13.4. The second kappa shape index (κ2) is 12.8. The van der Waals surface area contributed by atoms with Crippen molar-refractivity contribution in [2.45, 2.75) is 50.7 Å². The molecule has 7 nitrogen and oxygen atoms in total. The summed E-state index contributed by atoms with van der Waals surface area (Å²) >= 11 is 6.37. The van der Waals surface area contributed by atoms with E-state index in [0.29, 0.717) is 24.3 Å². The first-order chi connectivity index (χ1) is 19.0. The van der Waals surface area contributed by atoms with Crippen molar-refractivity contribution in [1.29, 1.82) is 0 Å². The van der Waals surface area contributed by atoms with Crippen LogP contribution in [0, 0.1) is 18.8 Å². The third-order valence-electron chi connectivity index (χ3n) is 7.62. The van der Waals surface area contributed by atoms with Crippen LogP contribution < -0.4 is 10.6 Å². The average molecular weight is 548 g/mol. The Kier molecular flexibility index (Phi) is 8.99. The molecule has 2 aliphatic carbocycles. The molecule has 2 saturated carbocycles. The SMILES string of the molecule is Cc1cnn([C@H](CCl)CN(CC(=O)N[C@@H](c2ccccc2)C2CC2)CC(=O)N[C@@H](c2ccccc2)C2CC2)c1. The zero-order valence-corrected chi connectivity index (χ0v) is 23.3. The lowest BCUT2D eigenvalue weighted by molar-refractivity contribution is -0.126. The first-order valence-electron chi connectivity index (χ1n) is 14.0. The van der Waals surface area contributed by atoms with Crippen molar-refractivity contribution in [1.82, 2.24) is 25.3 Å². The molecule has 1 heterocycles. The molecule has 2 fully saturated rings. The molecule has 0 radical (unpaired) electrons. The molecule has 2 aromatic carbocycles. The molecule has 0 unspecified atom stereocenters. The van der Waals surface area contributed by atoms with E-state index in [9.17, 15) is 9.59 Å². The van der Waals surface area contributed by atoms with Crippen LogP contribution in [0.2, 0.25) is 0 Å². The lowest BCUT2D eigenvalue weighted by Gasteiger charge is -2.28. The number of benzene rings is 2. The first kappa shape index (κ1) is 27.4. The van der Waals surface area contributed by atoms with Crippen LogP contribution in [0.15, 0.2) is 73.1 Å². The predicted molar refractivity (Wildman–Crippen MR) is 153 cm³/mol. The second-order valence-electron chi connectivity index (χ2n) is 11.1. The van der Waals surface area contributed by atoms with Gasteiger partial charge in [-0.2, -0.15) is 5.10 Å². The van der Waals surface area contributed by atoms with E-state index in [-0.39, 0.29) is 43.0 Å². The molecule has 8 heteroatoms. The molecule has 206 valence electrons. The van der Waals surface area contributed by atoms with E-state index < -0.39 is 0 Å². The number of rotatable bonds is 14. The molecule has 2 aliphatic rings. The van der Waals surface area contributed by atoms with E-state index in [1.165, 1.54) is 0 Å². The molecular formula is C31H38ClN5O2. The Morgan fingerprint density at radius 2 is 1.38 bits per heavy atom. The zero-order valence-electron chi connectivity index (χ0n) is 22.5. The van der Waals surface area contributed by atoms with Crippen LogP contribution in [-0.4, -0.2) is 52.0 Å². The third-order valence-corrected chi connectivity index (χ3v) is 7.98. The highest BCUT2D eigenvalue weighted by Gasteiger charge is 2.35. The van der Waals surface area contributed by atoms with Gasteiger partial charge in [-0.25, -0.2) is 0 Å². The number of carbonyl (C=O) groups is 2. The Hall–Kier alpha value is -3.16.